The lowest BCUT2D eigenvalue weighted by Gasteiger charge is -1.76. The molecule has 18 nitrogen and oxygen atoms in total. The highest BCUT2D eigenvalue weighted by atomic mass is 32.1. The molecule has 11 rings (SSSR count). The molecule has 506 valence electrons. The van der Waals surface area contributed by atoms with E-state index in [1.165, 1.54) is 33.5 Å². The van der Waals surface area contributed by atoms with Crippen LogP contribution in [0.2, 0.25) is 0 Å². The zero-order valence-corrected chi connectivity index (χ0v) is 64.3. The number of hydrogen-bond acceptors (Lipinski definition) is 18. The molecule has 0 aliphatic rings. The molecule has 0 spiro atoms. The monoisotopic (exact) mass is 1300 g/mol. The summed E-state index contributed by atoms with van der Waals surface area (Å²) < 4.78 is 23.2. The van der Waals surface area contributed by atoms with E-state index in [1.807, 2.05) is 279 Å². The van der Waals surface area contributed by atoms with Crippen LogP contribution in [0.5, 0.6) is 0 Å². The summed E-state index contributed by atoms with van der Waals surface area (Å²) in [5.41, 5.74) is 8.39. The van der Waals surface area contributed by atoms with Gasteiger partial charge < -0.3 is 33.1 Å². The number of imidazole rings is 4. The first-order valence-electron chi connectivity index (χ1n) is 30.7. The van der Waals surface area contributed by atoms with Crippen molar-refractivity contribution >= 4 is 45.7 Å². The van der Waals surface area contributed by atoms with Crippen LogP contribution in [0.15, 0.2) is 153 Å². The first kappa shape index (κ1) is 106. The average molecular weight is 1310 g/mol. The molecule has 22 heteroatoms. The van der Waals surface area contributed by atoms with Crippen molar-refractivity contribution in [2.75, 3.05) is 0 Å². The minimum absolute atomic E-state index is 0.856. The van der Waals surface area contributed by atoms with Gasteiger partial charge in [0.15, 0.2) is 0 Å². The molecule has 3 N–H and O–H groups in total. The van der Waals surface area contributed by atoms with Gasteiger partial charge in [0.05, 0.1) is 53.3 Å². The fourth-order valence-electron chi connectivity index (χ4n) is 3.24. The van der Waals surface area contributed by atoms with Crippen LogP contribution in [-0.2, 0) is 7.05 Å². The molecule has 0 bridgehead atoms. The third-order valence-electron chi connectivity index (χ3n) is 6.47. The van der Waals surface area contributed by atoms with Gasteiger partial charge >= 0.3 is 0 Å². The van der Waals surface area contributed by atoms with Crippen LogP contribution >= 0.6 is 45.7 Å². The minimum Gasteiger partial charge on any atom is -0.365 e. The summed E-state index contributed by atoms with van der Waals surface area (Å²) in [7, 11) is 1.94. The second-order valence-electron chi connectivity index (χ2n) is 12.8. The topological polar surface area (TPSA) is 234 Å². The number of nitrogens with zero attached hydrogens (tertiary/aromatic N) is 12. The van der Waals surface area contributed by atoms with Gasteiger partial charge in [-0.2, -0.15) is 4.37 Å². The van der Waals surface area contributed by atoms with Crippen molar-refractivity contribution < 1.29 is 13.6 Å². The molecule has 11 heterocycles. The second kappa shape index (κ2) is 102. The van der Waals surface area contributed by atoms with Crippen LogP contribution in [0.4, 0.5) is 0 Å². The Labute approximate surface area is 553 Å². The summed E-state index contributed by atoms with van der Waals surface area (Å²) in [5, 5.41) is 17.5. The Kier molecular flexibility index (Phi) is 122. The van der Waals surface area contributed by atoms with E-state index < -0.39 is 0 Å². The number of nitrogens with one attached hydrogen (secondary N) is 3. The Hall–Kier alpha value is -7.01. The molecule has 0 aliphatic heterocycles. The molecule has 11 aromatic heterocycles. The van der Waals surface area contributed by atoms with Crippen LogP contribution in [0.1, 0.15) is 208 Å². The van der Waals surface area contributed by atoms with E-state index in [-0.39, 0.29) is 0 Å². The predicted octanol–water partition coefficient (Wildman–Crippen LogP) is 22.6. The zero-order chi connectivity index (χ0) is 70.5. The fourth-order valence-corrected chi connectivity index (χ4v) is 5.15. The average Bonchev–Trinajstić information content (AvgIpc) is 4.40. The van der Waals surface area contributed by atoms with Gasteiger partial charge in [-0.3, -0.25) is 9.97 Å². The standard InChI is InChI=1S/4C4H6N2.3C4H5NO.4C4H5NS.11C2H6/c2*1-4-2-5-3-6-4;1-6-3-2-5-4-6;1-4-5-2-3-6-4;1-4-2-5-6-3-4;1-4-2-3-6-5-4;1-4-2-3-5-6-4;1-4-2-5-3-6-4;1-4-2-5-6-3-4;1-4-5-2-3-6-4;1-4-2-3-6-5-4;11*1-2/h2*2-3H,1H3,(H,5,6);2-4H,1H3;2-3H,1H3,(H,5,6);7*2-3H,1H3;11*1-2H3. The number of rotatable bonds is 0. The summed E-state index contributed by atoms with van der Waals surface area (Å²) in [6.45, 7) is 63.6. The van der Waals surface area contributed by atoms with Gasteiger partial charge in [0.25, 0.3) is 0 Å². The first-order chi connectivity index (χ1) is 42.8. The SMILES string of the molecule is CC.CC.CC.CC.CC.CC.CC.CC.CC.CC.CC.Cc1ccno1.Cc1ccon1.Cc1ccsn1.Cc1cnc[nH]1.Cc1cnc[nH]1.Cc1cncs1.Cc1cnoc1.Cc1cnsc1.Cc1ncc[nH]1.Cc1nccs1.Cn1ccnc1. The van der Waals surface area contributed by atoms with E-state index in [1.54, 1.807) is 116 Å². The van der Waals surface area contributed by atoms with E-state index in [2.05, 4.69) is 82.6 Å². The van der Waals surface area contributed by atoms with Crippen LogP contribution in [0, 0.1) is 69.2 Å². The summed E-state index contributed by atoms with van der Waals surface area (Å²) >= 11 is 6.31. The molecule has 88 heavy (non-hydrogen) atoms. The van der Waals surface area contributed by atoms with Crippen molar-refractivity contribution in [1.29, 1.82) is 0 Å². The lowest BCUT2D eigenvalue weighted by atomic mass is 10.4. The fraction of sp³-hybridized carbons (Fsp3) is 0.500. The van der Waals surface area contributed by atoms with E-state index in [9.17, 15) is 0 Å². The van der Waals surface area contributed by atoms with Crippen LogP contribution in [0.3, 0.4) is 0 Å². The number of aryl methyl sites for hydroxylation is 11. The number of hydrogen-bond donors (Lipinski definition) is 3. The van der Waals surface area contributed by atoms with Gasteiger partial charge in [0.2, 0.25) is 0 Å². The van der Waals surface area contributed by atoms with Crippen LogP contribution in [-0.4, -0.2) is 73.6 Å². The van der Waals surface area contributed by atoms with E-state index in [4.69, 9.17) is 0 Å². The first-order valence-corrected chi connectivity index (χ1v) is 34.1. The molecule has 0 fully saturated rings. The molecular formula is C66H125N15O3S4. The Balaban J connectivity index is -0.0000000798. The maximum Gasteiger partial charge on any atom is 0.133 e. The third kappa shape index (κ3) is 98.1. The van der Waals surface area contributed by atoms with Crippen molar-refractivity contribution in [1.82, 2.24) is 73.6 Å². The molecule has 0 aromatic carbocycles. The third-order valence-corrected chi connectivity index (χ3v) is 9.23. The zero-order valence-electron chi connectivity index (χ0n) is 61.0. The maximum absolute atomic E-state index is 4.58. The van der Waals surface area contributed by atoms with E-state index >= 15 is 0 Å². The molecule has 0 radical (unpaired) electrons. The Bertz CT molecular complexity index is 1850. The number of H-pyrrole nitrogens is 3. The Morgan fingerprint density at radius 1 is 0.477 bits per heavy atom. The largest absolute Gasteiger partial charge is 0.365 e. The van der Waals surface area contributed by atoms with Gasteiger partial charge in [0, 0.05) is 113 Å². The quantitative estimate of drug-likeness (QED) is 0.128. The van der Waals surface area contributed by atoms with Crippen molar-refractivity contribution in [2.24, 2.45) is 7.05 Å². The Morgan fingerprint density at radius 3 is 1.16 bits per heavy atom. The van der Waals surface area contributed by atoms with Crippen molar-refractivity contribution in [3.63, 3.8) is 0 Å². The van der Waals surface area contributed by atoms with Crippen molar-refractivity contribution in [3.8, 4) is 0 Å². The summed E-state index contributed by atoms with van der Waals surface area (Å²) in [6.07, 6.45) is 27.7. The van der Waals surface area contributed by atoms with E-state index in [0.29, 0.717) is 0 Å². The lowest BCUT2D eigenvalue weighted by molar-refractivity contribution is 0.397. The molecule has 0 saturated carbocycles. The van der Waals surface area contributed by atoms with Gasteiger partial charge in [-0.1, -0.05) is 168 Å². The molecular weight excluding hydrogens is 1180 g/mol. The van der Waals surface area contributed by atoms with Crippen molar-refractivity contribution in [2.45, 2.75) is 222 Å². The molecule has 0 amide bonds. The molecule has 0 unspecified atom stereocenters. The lowest BCUT2D eigenvalue weighted by Crippen LogP contribution is -1.76. The number of aromatic nitrogens is 15. The second-order valence-corrected chi connectivity index (χ2v) is 16.4. The Morgan fingerprint density at radius 2 is 1.05 bits per heavy atom. The van der Waals surface area contributed by atoms with Crippen molar-refractivity contribution in [3.05, 3.63) is 195 Å². The smallest absolute Gasteiger partial charge is 0.133 e. The van der Waals surface area contributed by atoms with E-state index in [0.717, 1.165) is 44.9 Å². The number of thiazole rings is 2. The van der Waals surface area contributed by atoms with Gasteiger partial charge in [-0.05, 0) is 104 Å². The molecule has 11 aromatic rings. The molecule has 0 saturated heterocycles. The highest BCUT2D eigenvalue weighted by Crippen LogP contribution is 2.00. The van der Waals surface area contributed by atoms with Gasteiger partial charge in [-0.25, -0.2) is 24.3 Å². The minimum atomic E-state index is 0.856. The summed E-state index contributed by atoms with van der Waals surface area (Å²) in [6, 6.07) is 5.60. The highest BCUT2D eigenvalue weighted by Gasteiger charge is 1.81. The van der Waals surface area contributed by atoms with Crippen LogP contribution in [0.25, 0.3) is 0 Å². The highest BCUT2D eigenvalue weighted by molar-refractivity contribution is 7.09. The van der Waals surface area contributed by atoms with Crippen LogP contribution < -0.4 is 0 Å². The predicted molar refractivity (Wildman–Crippen MR) is 389 cm³/mol. The number of aromatic amines is 3. The maximum atomic E-state index is 4.58. The molecule has 0 aliphatic carbocycles. The van der Waals surface area contributed by atoms with Gasteiger partial charge in [-0.15, -0.1) is 22.7 Å². The summed E-state index contributed by atoms with van der Waals surface area (Å²) in [5.74, 6) is 1.82. The normalized spacial score (nSPS) is 7.38. The molecule has 0 atom stereocenters. The summed E-state index contributed by atoms with van der Waals surface area (Å²) in [4.78, 5) is 32.9. The van der Waals surface area contributed by atoms with Gasteiger partial charge in [0.1, 0.15) is 24.1 Å².